The Balaban J connectivity index is 3.09. The van der Waals surface area contributed by atoms with E-state index in [2.05, 4.69) is 13.8 Å². The summed E-state index contributed by atoms with van der Waals surface area (Å²) in [6.45, 7) is 4.35. The third-order valence-electron chi connectivity index (χ3n) is 1.49. The lowest BCUT2D eigenvalue weighted by Gasteiger charge is -2.08. The van der Waals surface area contributed by atoms with E-state index in [4.69, 9.17) is 0 Å². The van der Waals surface area contributed by atoms with Crippen molar-refractivity contribution in [3.05, 3.63) is 0 Å². The van der Waals surface area contributed by atoms with Crippen LogP contribution in [0.5, 0.6) is 0 Å². The van der Waals surface area contributed by atoms with Gasteiger partial charge in [0.1, 0.15) is 0 Å². The Hall–Kier alpha value is 0.310. The van der Waals surface area contributed by atoms with Gasteiger partial charge in [-0.2, -0.15) is 11.8 Å². The Morgan fingerprint density at radius 2 is 2.10 bits per heavy atom. The SMILES string of the molecule is CCCCSC(CC)C[O]. The van der Waals surface area contributed by atoms with Crippen molar-refractivity contribution in [3.63, 3.8) is 0 Å². The van der Waals surface area contributed by atoms with Crippen molar-refractivity contribution >= 4 is 11.8 Å². The van der Waals surface area contributed by atoms with E-state index in [1.54, 1.807) is 0 Å². The Morgan fingerprint density at radius 1 is 1.40 bits per heavy atom. The van der Waals surface area contributed by atoms with E-state index in [1.807, 2.05) is 11.8 Å². The van der Waals surface area contributed by atoms with Crippen LogP contribution in [-0.4, -0.2) is 17.6 Å². The fraction of sp³-hybridized carbons (Fsp3) is 1.00. The Kier molecular flexibility index (Phi) is 7.65. The Morgan fingerprint density at radius 3 is 2.50 bits per heavy atom. The van der Waals surface area contributed by atoms with Crippen molar-refractivity contribution in [3.8, 4) is 0 Å². The lowest BCUT2D eigenvalue weighted by atomic mass is 10.3. The smallest absolute Gasteiger partial charge is 0.0940 e. The quantitative estimate of drug-likeness (QED) is 0.548. The molecule has 0 N–H and O–H groups in total. The van der Waals surface area contributed by atoms with Crippen molar-refractivity contribution in [2.24, 2.45) is 0 Å². The van der Waals surface area contributed by atoms with Crippen LogP contribution in [0, 0.1) is 0 Å². The first-order chi connectivity index (χ1) is 4.85. The van der Waals surface area contributed by atoms with Crippen LogP contribution >= 0.6 is 11.8 Å². The first kappa shape index (κ1) is 10.3. The molecule has 2 heteroatoms. The minimum atomic E-state index is 0.0882. The topological polar surface area (TPSA) is 19.9 Å². The molecule has 0 saturated heterocycles. The molecule has 0 aliphatic carbocycles. The fourth-order valence-corrected chi connectivity index (χ4v) is 1.80. The molecular weight excluding hydrogens is 144 g/mol. The van der Waals surface area contributed by atoms with E-state index in [9.17, 15) is 5.11 Å². The van der Waals surface area contributed by atoms with Gasteiger partial charge in [0.15, 0.2) is 0 Å². The van der Waals surface area contributed by atoms with Gasteiger partial charge in [-0.25, -0.2) is 5.11 Å². The molecule has 0 saturated carbocycles. The summed E-state index contributed by atoms with van der Waals surface area (Å²) in [5, 5.41) is 10.8. The van der Waals surface area contributed by atoms with Crippen molar-refractivity contribution < 1.29 is 5.11 Å². The summed E-state index contributed by atoms with van der Waals surface area (Å²) < 4.78 is 0. The molecule has 0 amide bonds. The highest BCUT2D eigenvalue weighted by Gasteiger charge is 2.03. The molecule has 0 aromatic carbocycles. The monoisotopic (exact) mass is 161 g/mol. The normalized spacial score (nSPS) is 13.5. The van der Waals surface area contributed by atoms with Crippen molar-refractivity contribution in [2.45, 2.75) is 38.4 Å². The molecule has 0 aliphatic rings. The third kappa shape index (κ3) is 5.12. The summed E-state index contributed by atoms with van der Waals surface area (Å²) >= 11 is 1.83. The summed E-state index contributed by atoms with van der Waals surface area (Å²) in [5.74, 6) is 1.16. The molecule has 0 fully saturated rings. The predicted molar refractivity (Wildman–Crippen MR) is 47.0 cm³/mol. The van der Waals surface area contributed by atoms with E-state index in [0.717, 1.165) is 12.2 Å². The van der Waals surface area contributed by atoms with E-state index < -0.39 is 0 Å². The predicted octanol–water partition coefficient (Wildman–Crippen LogP) is 2.73. The highest BCUT2D eigenvalue weighted by atomic mass is 32.2. The lowest BCUT2D eigenvalue weighted by Crippen LogP contribution is -2.05. The van der Waals surface area contributed by atoms with E-state index >= 15 is 0 Å². The first-order valence-corrected chi connectivity index (χ1v) is 5.09. The number of unbranched alkanes of at least 4 members (excludes halogenated alkanes) is 1. The average Bonchev–Trinajstić information content (AvgIpc) is 1.99. The standard InChI is InChI=1S/C8H17OS/c1-3-5-6-10-8(4-2)7-9/h8H,3-7H2,1-2H3. The van der Waals surface area contributed by atoms with E-state index in [0.29, 0.717) is 5.25 Å². The maximum Gasteiger partial charge on any atom is 0.0940 e. The van der Waals surface area contributed by atoms with Crippen molar-refractivity contribution in [2.75, 3.05) is 12.4 Å². The summed E-state index contributed by atoms with van der Waals surface area (Å²) in [5.41, 5.74) is 0. The molecular formula is C8H17OS. The summed E-state index contributed by atoms with van der Waals surface area (Å²) in [6.07, 6.45) is 3.52. The minimum Gasteiger partial charge on any atom is -0.236 e. The lowest BCUT2D eigenvalue weighted by molar-refractivity contribution is 0.193. The van der Waals surface area contributed by atoms with Gasteiger partial charge in [0.2, 0.25) is 0 Å². The van der Waals surface area contributed by atoms with Crippen LogP contribution in [0.15, 0.2) is 0 Å². The summed E-state index contributed by atoms with van der Waals surface area (Å²) in [7, 11) is 0. The number of rotatable bonds is 6. The summed E-state index contributed by atoms with van der Waals surface area (Å²) in [6, 6.07) is 0. The molecule has 1 atom stereocenters. The van der Waals surface area contributed by atoms with E-state index in [-0.39, 0.29) is 6.61 Å². The highest BCUT2D eigenvalue weighted by molar-refractivity contribution is 7.99. The largest absolute Gasteiger partial charge is 0.236 e. The Bertz CT molecular complexity index is 62.3. The molecule has 61 valence electrons. The highest BCUT2D eigenvalue weighted by Crippen LogP contribution is 2.15. The molecule has 0 heterocycles. The van der Waals surface area contributed by atoms with Crippen molar-refractivity contribution in [1.29, 1.82) is 0 Å². The van der Waals surface area contributed by atoms with Crippen LogP contribution in [0.25, 0.3) is 0 Å². The molecule has 0 bridgehead atoms. The number of hydrogen-bond donors (Lipinski definition) is 0. The van der Waals surface area contributed by atoms with Crippen LogP contribution < -0.4 is 0 Å². The Labute approximate surface area is 68.2 Å². The minimum absolute atomic E-state index is 0.0882. The molecule has 1 nitrogen and oxygen atoms in total. The molecule has 0 aromatic heterocycles. The van der Waals surface area contributed by atoms with Gasteiger partial charge in [-0.3, -0.25) is 0 Å². The second kappa shape index (κ2) is 7.42. The summed E-state index contributed by atoms with van der Waals surface area (Å²) in [4.78, 5) is 0. The van der Waals surface area contributed by atoms with Gasteiger partial charge in [0.25, 0.3) is 0 Å². The second-order valence-corrected chi connectivity index (χ2v) is 3.83. The van der Waals surface area contributed by atoms with Crippen LogP contribution in [0.1, 0.15) is 33.1 Å². The molecule has 0 aromatic rings. The number of thioether (sulfide) groups is 1. The van der Waals surface area contributed by atoms with Gasteiger partial charge in [-0.05, 0) is 18.6 Å². The van der Waals surface area contributed by atoms with Crippen LogP contribution in [0.2, 0.25) is 0 Å². The molecule has 0 rings (SSSR count). The molecule has 10 heavy (non-hydrogen) atoms. The van der Waals surface area contributed by atoms with Gasteiger partial charge in [0.05, 0.1) is 6.61 Å². The third-order valence-corrected chi connectivity index (χ3v) is 2.96. The molecule has 1 unspecified atom stereocenters. The van der Waals surface area contributed by atoms with Crippen LogP contribution in [0.3, 0.4) is 0 Å². The second-order valence-electron chi connectivity index (χ2n) is 2.42. The van der Waals surface area contributed by atoms with Gasteiger partial charge >= 0.3 is 0 Å². The van der Waals surface area contributed by atoms with Gasteiger partial charge < -0.3 is 0 Å². The average molecular weight is 161 g/mol. The zero-order valence-corrected chi connectivity index (χ0v) is 7.75. The maximum atomic E-state index is 10.4. The maximum absolute atomic E-state index is 10.4. The number of hydrogen-bond acceptors (Lipinski definition) is 1. The van der Waals surface area contributed by atoms with Gasteiger partial charge in [-0.15, -0.1) is 0 Å². The first-order valence-electron chi connectivity index (χ1n) is 4.04. The van der Waals surface area contributed by atoms with Crippen LogP contribution in [-0.2, 0) is 5.11 Å². The van der Waals surface area contributed by atoms with E-state index in [1.165, 1.54) is 12.8 Å². The molecule has 1 radical (unpaired) electrons. The molecule has 0 spiro atoms. The van der Waals surface area contributed by atoms with Crippen molar-refractivity contribution in [1.82, 2.24) is 0 Å². The molecule has 0 aliphatic heterocycles. The van der Waals surface area contributed by atoms with Gasteiger partial charge in [0, 0.05) is 5.25 Å². The zero-order valence-electron chi connectivity index (χ0n) is 6.93. The zero-order chi connectivity index (χ0) is 7.82. The van der Waals surface area contributed by atoms with Gasteiger partial charge in [-0.1, -0.05) is 20.3 Å². The fourth-order valence-electron chi connectivity index (χ4n) is 0.678. The van der Waals surface area contributed by atoms with Crippen LogP contribution in [0.4, 0.5) is 0 Å².